The van der Waals surface area contributed by atoms with Gasteiger partial charge in [-0.15, -0.1) is 0 Å². The molecule has 0 aromatic carbocycles. The largest absolute Gasteiger partial charge is 0.387 e. The van der Waals surface area contributed by atoms with E-state index in [2.05, 4.69) is 4.98 Å². The molecule has 0 unspecified atom stereocenters. The van der Waals surface area contributed by atoms with E-state index in [9.17, 15) is 0 Å². The fourth-order valence-electron chi connectivity index (χ4n) is 0.790. The number of aromatic nitrogens is 2. The molecule has 0 atom stereocenters. The van der Waals surface area contributed by atoms with Crippen LogP contribution in [-0.2, 0) is 6.54 Å². The molecule has 1 heterocycles. The first-order chi connectivity index (χ1) is 4.75. The Hall–Kier alpha value is -0.900. The lowest BCUT2D eigenvalue weighted by Crippen LogP contribution is -2.16. The van der Waals surface area contributed by atoms with Crippen LogP contribution in [0, 0.1) is 0 Å². The van der Waals surface area contributed by atoms with Crippen molar-refractivity contribution < 1.29 is 0 Å². The third-order valence-electron chi connectivity index (χ3n) is 1.28. The van der Waals surface area contributed by atoms with Gasteiger partial charge in [-0.05, 0) is 6.92 Å². The second-order valence-electron chi connectivity index (χ2n) is 1.90. The van der Waals surface area contributed by atoms with Gasteiger partial charge in [0.2, 0.25) is 0 Å². The van der Waals surface area contributed by atoms with E-state index in [0.717, 1.165) is 6.54 Å². The van der Waals surface area contributed by atoms with Gasteiger partial charge in [0, 0.05) is 18.9 Å². The molecule has 0 aliphatic rings. The Morgan fingerprint density at radius 3 is 3.00 bits per heavy atom. The number of nitrogens with zero attached hydrogens (tertiary/aromatic N) is 2. The Balaban J connectivity index is 3.01. The van der Waals surface area contributed by atoms with Gasteiger partial charge in [0.15, 0.2) is 5.82 Å². The van der Waals surface area contributed by atoms with Gasteiger partial charge >= 0.3 is 0 Å². The molecular weight excluding hydrogens is 146 g/mol. The predicted molar refractivity (Wildman–Crippen MR) is 43.8 cm³/mol. The van der Waals surface area contributed by atoms with E-state index in [1.165, 1.54) is 0 Å². The van der Waals surface area contributed by atoms with E-state index in [-0.39, 0.29) is 0 Å². The zero-order valence-corrected chi connectivity index (χ0v) is 6.56. The second kappa shape index (κ2) is 2.79. The van der Waals surface area contributed by atoms with Gasteiger partial charge in [-0.3, -0.25) is 0 Å². The summed E-state index contributed by atoms with van der Waals surface area (Å²) in [6.45, 7) is 2.87. The Kier molecular flexibility index (Phi) is 2.01. The lowest BCUT2D eigenvalue weighted by molar-refractivity contribution is 0.753. The highest BCUT2D eigenvalue weighted by Gasteiger charge is 2.01. The molecule has 1 aromatic rings. The first-order valence-corrected chi connectivity index (χ1v) is 3.47. The first-order valence-electron chi connectivity index (χ1n) is 3.06. The van der Waals surface area contributed by atoms with Crippen LogP contribution in [0.15, 0.2) is 12.4 Å². The van der Waals surface area contributed by atoms with Crippen LogP contribution in [0.5, 0.6) is 0 Å². The molecule has 0 fully saturated rings. The Morgan fingerprint density at radius 1 is 1.90 bits per heavy atom. The number of hydrogen-bond donors (Lipinski definition) is 1. The number of aryl methyl sites for hydroxylation is 1. The highest BCUT2D eigenvalue weighted by molar-refractivity contribution is 7.80. The fourth-order valence-corrected chi connectivity index (χ4v) is 0.959. The first kappa shape index (κ1) is 7.21. The molecule has 4 heteroatoms. The lowest BCUT2D eigenvalue weighted by Gasteiger charge is -2.00. The Labute approximate surface area is 64.9 Å². The molecule has 1 rings (SSSR count). The number of hydrogen-bond acceptors (Lipinski definition) is 2. The zero-order chi connectivity index (χ0) is 7.56. The summed E-state index contributed by atoms with van der Waals surface area (Å²) in [7, 11) is 0. The number of nitrogens with two attached hydrogens (primary N) is 1. The molecule has 0 radical (unpaired) electrons. The van der Waals surface area contributed by atoms with Gasteiger partial charge in [0.05, 0.1) is 0 Å². The SMILES string of the molecule is CCn1ccnc1C(N)=S. The maximum absolute atomic E-state index is 5.38. The molecule has 0 bridgehead atoms. The minimum absolute atomic E-state index is 0.354. The van der Waals surface area contributed by atoms with Crippen molar-refractivity contribution in [2.75, 3.05) is 0 Å². The molecular formula is C6H9N3S. The normalized spacial score (nSPS) is 9.70. The Bertz CT molecular complexity index is 241. The summed E-state index contributed by atoms with van der Waals surface area (Å²) in [6.07, 6.45) is 3.55. The van der Waals surface area contributed by atoms with Crippen LogP contribution in [0.4, 0.5) is 0 Å². The molecule has 0 amide bonds. The van der Waals surface area contributed by atoms with Gasteiger partial charge in [-0.1, -0.05) is 12.2 Å². The number of thiocarbonyl (C=S) groups is 1. The van der Waals surface area contributed by atoms with Gasteiger partial charge < -0.3 is 10.3 Å². The van der Waals surface area contributed by atoms with Crippen LogP contribution < -0.4 is 5.73 Å². The standard InChI is InChI=1S/C6H9N3S/c1-2-9-4-3-8-6(9)5(7)10/h3-4H,2H2,1H3,(H2,7,10). The minimum Gasteiger partial charge on any atom is -0.387 e. The smallest absolute Gasteiger partial charge is 0.167 e. The highest BCUT2D eigenvalue weighted by Crippen LogP contribution is 1.95. The van der Waals surface area contributed by atoms with Gasteiger partial charge in [0.25, 0.3) is 0 Å². The van der Waals surface area contributed by atoms with E-state index in [1.54, 1.807) is 6.20 Å². The van der Waals surface area contributed by atoms with Crippen LogP contribution in [0.1, 0.15) is 12.7 Å². The molecule has 54 valence electrons. The molecule has 0 saturated carbocycles. The van der Waals surface area contributed by atoms with Crippen molar-refractivity contribution in [3.8, 4) is 0 Å². The van der Waals surface area contributed by atoms with E-state index in [1.807, 2.05) is 17.7 Å². The molecule has 0 aliphatic heterocycles. The van der Waals surface area contributed by atoms with Crippen molar-refractivity contribution in [1.29, 1.82) is 0 Å². The van der Waals surface area contributed by atoms with Crippen LogP contribution in [0.2, 0.25) is 0 Å². The monoisotopic (exact) mass is 155 g/mol. The van der Waals surface area contributed by atoms with Crippen molar-refractivity contribution >= 4 is 17.2 Å². The molecule has 2 N–H and O–H groups in total. The van der Waals surface area contributed by atoms with Gasteiger partial charge in [-0.25, -0.2) is 4.98 Å². The summed E-state index contributed by atoms with van der Waals surface area (Å²) >= 11 is 4.76. The number of imidazole rings is 1. The van der Waals surface area contributed by atoms with Gasteiger partial charge in [-0.2, -0.15) is 0 Å². The van der Waals surface area contributed by atoms with Crippen molar-refractivity contribution in [3.05, 3.63) is 18.2 Å². The third kappa shape index (κ3) is 1.16. The van der Waals surface area contributed by atoms with Crippen LogP contribution in [0.25, 0.3) is 0 Å². The zero-order valence-electron chi connectivity index (χ0n) is 5.74. The molecule has 0 spiro atoms. The van der Waals surface area contributed by atoms with Crippen molar-refractivity contribution in [2.24, 2.45) is 5.73 Å². The third-order valence-corrected chi connectivity index (χ3v) is 1.46. The van der Waals surface area contributed by atoms with Crippen molar-refractivity contribution in [2.45, 2.75) is 13.5 Å². The van der Waals surface area contributed by atoms with E-state index in [0.29, 0.717) is 10.8 Å². The van der Waals surface area contributed by atoms with Crippen molar-refractivity contribution in [3.63, 3.8) is 0 Å². The molecule has 10 heavy (non-hydrogen) atoms. The van der Waals surface area contributed by atoms with Crippen molar-refractivity contribution in [1.82, 2.24) is 9.55 Å². The maximum atomic E-state index is 5.38. The summed E-state index contributed by atoms with van der Waals surface area (Å²) in [5, 5.41) is 0. The van der Waals surface area contributed by atoms with Gasteiger partial charge in [0.1, 0.15) is 4.99 Å². The average molecular weight is 155 g/mol. The maximum Gasteiger partial charge on any atom is 0.167 e. The second-order valence-corrected chi connectivity index (χ2v) is 2.34. The van der Waals surface area contributed by atoms with E-state index >= 15 is 0 Å². The lowest BCUT2D eigenvalue weighted by atomic mass is 10.6. The topological polar surface area (TPSA) is 43.8 Å². The minimum atomic E-state index is 0.354. The summed E-state index contributed by atoms with van der Waals surface area (Å²) in [4.78, 5) is 4.34. The van der Waals surface area contributed by atoms with E-state index < -0.39 is 0 Å². The van der Waals surface area contributed by atoms with E-state index in [4.69, 9.17) is 18.0 Å². The fraction of sp³-hybridized carbons (Fsp3) is 0.333. The van der Waals surface area contributed by atoms with Crippen LogP contribution in [0.3, 0.4) is 0 Å². The highest BCUT2D eigenvalue weighted by atomic mass is 32.1. The van der Waals surface area contributed by atoms with Crippen LogP contribution >= 0.6 is 12.2 Å². The summed E-state index contributed by atoms with van der Waals surface area (Å²) < 4.78 is 1.91. The summed E-state index contributed by atoms with van der Waals surface area (Å²) in [5.41, 5.74) is 5.38. The average Bonchev–Trinajstić information content (AvgIpc) is 2.33. The number of rotatable bonds is 2. The summed E-state index contributed by atoms with van der Waals surface area (Å²) in [6, 6.07) is 0. The molecule has 0 aliphatic carbocycles. The quantitative estimate of drug-likeness (QED) is 0.634. The van der Waals surface area contributed by atoms with Crippen LogP contribution in [-0.4, -0.2) is 14.5 Å². The Morgan fingerprint density at radius 2 is 2.60 bits per heavy atom. The molecule has 1 aromatic heterocycles. The predicted octanol–water partition coefficient (Wildman–Crippen LogP) is 0.537. The summed E-state index contributed by atoms with van der Waals surface area (Å²) in [5.74, 6) is 0.692. The molecule has 3 nitrogen and oxygen atoms in total. The molecule has 0 saturated heterocycles.